The van der Waals surface area contributed by atoms with E-state index in [4.69, 9.17) is 29.4 Å². The zero-order chi connectivity index (χ0) is 55.1. The molecule has 6 heteroatoms. The lowest BCUT2D eigenvalue weighted by atomic mass is 9.67. The van der Waals surface area contributed by atoms with Gasteiger partial charge in [-0.05, 0) is 200 Å². The zero-order valence-corrected chi connectivity index (χ0v) is 48.9. The average Bonchev–Trinajstić information content (AvgIpc) is 3.50. The molecule has 6 nitrogen and oxygen atoms in total. The third kappa shape index (κ3) is 13.1. The summed E-state index contributed by atoms with van der Waals surface area (Å²) in [4.78, 5) is 21.0. The Hall–Kier alpha value is -6.92. The highest BCUT2D eigenvalue weighted by molar-refractivity contribution is 5.88. The number of pyridine rings is 1. The fourth-order valence-corrected chi connectivity index (χ4v) is 12.2. The highest BCUT2D eigenvalue weighted by atomic mass is 16.5. The van der Waals surface area contributed by atoms with E-state index in [-0.39, 0.29) is 0 Å². The van der Waals surface area contributed by atoms with Crippen LogP contribution in [0.3, 0.4) is 0 Å². The van der Waals surface area contributed by atoms with Crippen LogP contribution in [0.25, 0.3) is 56.5 Å². The Labute approximate surface area is 474 Å². The summed E-state index contributed by atoms with van der Waals surface area (Å²) in [6.07, 6.45) is 23.5. The highest BCUT2D eigenvalue weighted by Crippen LogP contribution is 2.57. The first kappa shape index (κ1) is 56.8. The number of aryl methyl sites for hydroxylation is 4. The van der Waals surface area contributed by atoms with Crippen LogP contribution in [-0.2, 0) is 18.3 Å². The smallest absolute Gasteiger partial charge is 0.165 e. The first-order valence-electron chi connectivity index (χ1n) is 30.3. The molecule has 0 spiro atoms. The summed E-state index contributed by atoms with van der Waals surface area (Å²) in [5.41, 5.74) is 19.5. The molecule has 0 unspecified atom stereocenters. The molecule has 0 amide bonds. The van der Waals surface area contributed by atoms with Crippen LogP contribution in [-0.4, -0.2) is 33.1 Å². The molecule has 8 aromatic rings. The summed E-state index contributed by atoms with van der Waals surface area (Å²) in [6.45, 7) is 19.5. The summed E-state index contributed by atoms with van der Waals surface area (Å²) in [6, 6.07) is 47.0. The average molecular weight is 1050 g/mol. The number of fused-ring (bicyclic) bond motifs is 3. The number of ether oxygens (including phenoxy) is 2. The Morgan fingerprint density at radius 2 is 0.810 bits per heavy atom. The maximum absolute atomic E-state index is 6.33. The van der Waals surface area contributed by atoms with E-state index in [1.54, 1.807) is 0 Å². The minimum atomic E-state index is -0.618. The van der Waals surface area contributed by atoms with Gasteiger partial charge in [0.15, 0.2) is 17.5 Å². The van der Waals surface area contributed by atoms with E-state index in [9.17, 15) is 0 Å². The molecule has 410 valence electrons. The van der Waals surface area contributed by atoms with Crippen LogP contribution < -0.4 is 9.47 Å². The van der Waals surface area contributed by atoms with Crippen molar-refractivity contribution in [1.82, 2.24) is 19.9 Å². The summed E-state index contributed by atoms with van der Waals surface area (Å²) in [5.74, 6) is 3.77. The molecule has 0 bridgehead atoms. The van der Waals surface area contributed by atoms with Crippen LogP contribution in [0.4, 0.5) is 0 Å². The molecule has 0 aliphatic heterocycles. The second kappa shape index (κ2) is 27.3. The van der Waals surface area contributed by atoms with Crippen molar-refractivity contribution in [2.45, 2.75) is 176 Å². The van der Waals surface area contributed by atoms with Crippen LogP contribution in [0, 0.1) is 27.7 Å². The fourth-order valence-electron chi connectivity index (χ4n) is 12.2. The summed E-state index contributed by atoms with van der Waals surface area (Å²) < 4.78 is 12.7. The van der Waals surface area contributed by atoms with Crippen LogP contribution >= 0.6 is 0 Å². The van der Waals surface area contributed by atoms with E-state index < -0.39 is 5.41 Å². The minimum Gasteiger partial charge on any atom is -0.494 e. The van der Waals surface area contributed by atoms with Gasteiger partial charge in [-0.25, -0.2) is 15.0 Å². The lowest BCUT2D eigenvalue weighted by Gasteiger charge is -2.34. The SMILES string of the molecule is CCCCCCOc1ccc(C2(c3ccc(OCCCCCC)cc3)c3ccccc3-c3ccc(-c4ccc(-c5nc(-c6cc(C)c(CCCCCC)c(C)c6)nc(-c6cc(C)c(CCCCCC)c(C)c6)n5)cn4)cc32)cc1. The van der Waals surface area contributed by atoms with Gasteiger partial charge in [0, 0.05) is 28.5 Å². The quantitative estimate of drug-likeness (QED) is 0.0455. The molecular formula is C73H86N4O2. The number of hydrogen-bond acceptors (Lipinski definition) is 6. The number of benzene rings is 6. The molecule has 1 aliphatic carbocycles. The number of rotatable bonds is 28. The van der Waals surface area contributed by atoms with Crippen molar-refractivity contribution in [3.63, 3.8) is 0 Å². The normalized spacial score (nSPS) is 12.4. The predicted molar refractivity (Wildman–Crippen MR) is 331 cm³/mol. The molecular weight excluding hydrogens is 965 g/mol. The van der Waals surface area contributed by atoms with Gasteiger partial charge in [-0.2, -0.15) is 0 Å². The van der Waals surface area contributed by atoms with Gasteiger partial charge in [-0.15, -0.1) is 0 Å². The van der Waals surface area contributed by atoms with Gasteiger partial charge in [-0.1, -0.05) is 165 Å². The largest absolute Gasteiger partial charge is 0.494 e. The van der Waals surface area contributed by atoms with Gasteiger partial charge in [0.05, 0.1) is 24.3 Å². The Bertz CT molecular complexity index is 3080. The molecule has 2 heterocycles. The van der Waals surface area contributed by atoms with E-state index in [0.717, 1.165) is 78.3 Å². The maximum Gasteiger partial charge on any atom is 0.165 e. The van der Waals surface area contributed by atoms with E-state index in [1.807, 2.05) is 6.20 Å². The molecule has 0 fully saturated rings. The molecule has 0 radical (unpaired) electrons. The standard InChI is InChI=1S/C73H86N4O2/c1-9-13-17-21-27-63-51(5)45-57(46-52(63)6)71-75-70(76-72(77-71)58-47-53(7)64(54(8)48-58)28-22-18-14-10-2)56-32-42-69(74-50-56)55-31-41-66-65-29-23-24-30-67(65)73(68(66)49-55,59-33-37-61(38-34-59)78-43-25-19-15-11-3)60-35-39-62(40-36-60)79-44-26-20-16-12-4/h23-24,29-42,45-50H,9-22,25-28,43-44H2,1-8H3. The molecule has 79 heavy (non-hydrogen) atoms. The summed E-state index contributed by atoms with van der Waals surface area (Å²) in [7, 11) is 0. The first-order chi connectivity index (χ1) is 38.7. The van der Waals surface area contributed by atoms with Crippen LogP contribution in [0.5, 0.6) is 11.5 Å². The summed E-state index contributed by atoms with van der Waals surface area (Å²) >= 11 is 0. The number of unbranched alkanes of at least 4 members (excludes halogenated alkanes) is 12. The fraction of sp³-hybridized carbons (Fsp3) is 0.397. The van der Waals surface area contributed by atoms with E-state index >= 15 is 0 Å². The third-order valence-corrected chi connectivity index (χ3v) is 16.6. The molecule has 0 N–H and O–H groups in total. The monoisotopic (exact) mass is 1050 g/mol. The van der Waals surface area contributed by atoms with Gasteiger partial charge < -0.3 is 9.47 Å². The van der Waals surface area contributed by atoms with Gasteiger partial charge in [0.2, 0.25) is 0 Å². The minimum absolute atomic E-state index is 0.613. The zero-order valence-electron chi connectivity index (χ0n) is 48.9. The van der Waals surface area contributed by atoms with E-state index in [0.29, 0.717) is 17.5 Å². The van der Waals surface area contributed by atoms with Gasteiger partial charge in [0.25, 0.3) is 0 Å². The molecule has 0 saturated heterocycles. The number of nitrogens with zero attached hydrogens (tertiary/aromatic N) is 4. The molecule has 0 atom stereocenters. The van der Waals surface area contributed by atoms with Crippen molar-refractivity contribution < 1.29 is 9.47 Å². The van der Waals surface area contributed by atoms with Crippen LogP contribution in [0.2, 0.25) is 0 Å². The van der Waals surface area contributed by atoms with Gasteiger partial charge in [0.1, 0.15) is 11.5 Å². The van der Waals surface area contributed by atoms with Crippen molar-refractivity contribution in [2.24, 2.45) is 0 Å². The van der Waals surface area contributed by atoms with Crippen LogP contribution in [0.1, 0.15) is 186 Å². The maximum atomic E-state index is 6.33. The van der Waals surface area contributed by atoms with Crippen molar-refractivity contribution in [3.8, 4) is 68.0 Å². The Morgan fingerprint density at radius 1 is 0.380 bits per heavy atom. The molecule has 9 rings (SSSR count). The Kier molecular flexibility index (Phi) is 19.6. The lowest BCUT2D eigenvalue weighted by molar-refractivity contribution is 0.305. The van der Waals surface area contributed by atoms with Gasteiger partial charge in [-0.3, -0.25) is 4.98 Å². The van der Waals surface area contributed by atoms with Crippen molar-refractivity contribution in [2.75, 3.05) is 13.2 Å². The number of aromatic nitrogens is 4. The molecule has 2 aromatic heterocycles. The second-order valence-electron chi connectivity index (χ2n) is 22.5. The third-order valence-electron chi connectivity index (χ3n) is 16.6. The van der Waals surface area contributed by atoms with Gasteiger partial charge >= 0.3 is 0 Å². The molecule has 1 aliphatic rings. The Morgan fingerprint density at radius 3 is 1.27 bits per heavy atom. The topological polar surface area (TPSA) is 70.0 Å². The summed E-state index contributed by atoms with van der Waals surface area (Å²) in [5, 5.41) is 0. The Balaban J connectivity index is 1.10. The molecule has 6 aromatic carbocycles. The van der Waals surface area contributed by atoms with Crippen molar-refractivity contribution in [1.29, 1.82) is 0 Å². The highest BCUT2D eigenvalue weighted by Gasteiger charge is 2.46. The predicted octanol–water partition coefficient (Wildman–Crippen LogP) is 19.7. The first-order valence-corrected chi connectivity index (χ1v) is 30.3. The van der Waals surface area contributed by atoms with E-state index in [2.05, 4.69) is 183 Å². The van der Waals surface area contributed by atoms with Crippen LogP contribution in [0.15, 0.2) is 134 Å². The lowest BCUT2D eigenvalue weighted by Crippen LogP contribution is -2.28. The van der Waals surface area contributed by atoms with Crippen molar-refractivity contribution >= 4 is 0 Å². The van der Waals surface area contributed by atoms with E-state index in [1.165, 1.54) is 157 Å². The van der Waals surface area contributed by atoms with Crippen molar-refractivity contribution in [3.05, 3.63) is 189 Å². The molecule has 0 saturated carbocycles. The number of hydrogen-bond donors (Lipinski definition) is 0. The second-order valence-corrected chi connectivity index (χ2v) is 22.5.